The van der Waals surface area contributed by atoms with Gasteiger partial charge in [0.2, 0.25) is 6.79 Å². The van der Waals surface area contributed by atoms with Crippen LogP contribution in [0.3, 0.4) is 0 Å². The van der Waals surface area contributed by atoms with Crippen molar-refractivity contribution in [1.82, 2.24) is 4.98 Å². The van der Waals surface area contributed by atoms with E-state index in [-0.39, 0.29) is 0 Å². The Hall–Kier alpha value is -1.97. The highest BCUT2D eigenvalue weighted by molar-refractivity contribution is 5.94. The third-order valence-electron chi connectivity index (χ3n) is 4.50. The van der Waals surface area contributed by atoms with Gasteiger partial charge in [-0.25, -0.2) is 4.98 Å². The first-order valence-electron chi connectivity index (χ1n) is 7.16. The van der Waals surface area contributed by atoms with Gasteiger partial charge in [-0.1, -0.05) is 13.3 Å². The van der Waals surface area contributed by atoms with E-state index in [2.05, 4.69) is 17.2 Å². The first kappa shape index (κ1) is 11.8. The van der Waals surface area contributed by atoms with E-state index in [1.807, 2.05) is 24.4 Å². The van der Waals surface area contributed by atoms with E-state index in [1.165, 1.54) is 19.3 Å². The highest BCUT2D eigenvalue weighted by atomic mass is 16.7. The van der Waals surface area contributed by atoms with Gasteiger partial charge in [-0.3, -0.25) is 0 Å². The van der Waals surface area contributed by atoms with Crippen LogP contribution in [0.1, 0.15) is 26.2 Å². The molecule has 20 heavy (non-hydrogen) atoms. The lowest BCUT2D eigenvalue weighted by atomic mass is 9.70. The first-order chi connectivity index (χ1) is 9.73. The maximum atomic E-state index is 5.46. The minimum atomic E-state index is 0.305. The maximum Gasteiger partial charge on any atom is 0.231 e. The van der Waals surface area contributed by atoms with E-state index >= 15 is 0 Å². The van der Waals surface area contributed by atoms with Gasteiger partial charge >= 0.3 is 0 Å². The van der Waals surface area contributed by atoms with Crippen LogP contribution in [-0.4, -0.2) is 18.3 Å². The van der Waals surface area contributed by atoms with Crippen LogP contribution in [0.4, 0.5) is 5.82 Å². The van der Waals surface area contributed by atoms with Crippen LogP contribution in [0.15, 0.2) is 24.4 Å². The molecule has 0 unspecified atom stereocenters. The second-order valence-corrected chi connectivity index (χ2v) is 6.10. The summed E-state index contributed by atoms with van der Waals surface area (Å²) in [5.41, 5.74) is 0.431. The standard InChI is InChI=1S/C16H18N2O2/c1-16(4-2-5-16)9-18-15-12-8-14-13(19-10-20-14)7-11(12)3-6-17-15/h3,6-8H,2,4-5,9-10H2,1H3,(H,17,18). The van der Waals surface area contributed by atoms with Gasteiger partial charge in [0.25, 0.3) is 0 Å². The molecule has 0 saturated heterocycles. The van der Waals surface area contributed by atoms with Crippen LogP contribution in [0.25, 0.3) is 10.8 Å². The molecule has 0 spiro atoms. The van der Waals surface area contributed by atoms with Gasteiger partial charge < -0.3 is 14.8 Å². The first-order valence-corrected chi connectivity index (χ1v) is 7.16. The normalized spacial score (nSPS) is 18.9. The number of aromatic nitrogens is 1. The molecule has 4 nitrogen and oxygen atoms in total. The van der Waals surface area contributed by atoms with Gasteiger partial charge in [0.05, 0.1) is 0 Å². The van der Waals surface area contributed by atoms with Gasteiger partial charge in [-0.15, -0.1) is 0 Å². The van der Waals surface area contributed by atoms with E-state index in [1.54, 1.807) is 0 Å². The molecule has 1 fully saturated rings. The largest absolute Gasteiger partial charge is 0.454 e. The van der Waals surface area contributed by atoms with Gasteiger partial charge in [0.15, 0.2) is 11.5 Å². The lowest BCUT2D eigenvalue weighted by Crippen LogP contribution is -2.33. The Morgan fingerprint density at radius 1 is 1.25 bits per heavy atom. The van der Waals surface area contributed by atoms with E-state index < -0.39 is 0 Å². The number of pyridine rings is 1. The molecule has 2 aromatic rings. The van der Waals surface area contributed by atoms with Crippen molar-refractivity contribution in [2.24, 2.45) is 5.41 Å². The minimum Gasteiger partial charge on any atom is -0.454 e. The lowest BCUT2D eigenvalue weighted by molar-refractivity contribution is 0.174. The van der Waals surface area contributed by atoms with Crippen molar-refractivity contribution < 1.29 is 9.47 Å². The molecule has 1 aliphatic carbocycles. The summed E-state index contributed by atoms with van der Waals surface area (Å²) in [6.07, 6.45) is 5.80. The lowest BCUT2D eigenvalue weighted by Gasteiger charge is -2.38. The minimum absolute atomic E-state index is 0.305. The molecule has 2 aliphatic rings. The zero-order valence-electron chi connectivity index (χ0n) is 11.6. The van der Waals surface area contributed by atoms with Gasteiger partial charge in [-0.05, 0) is 41.8 Å². The van der Waals surface area contributed by atoms with Gasteiger partial charge in [-0.2, -0.15) is 0 Å². The fraction of sp³-hybridized carbons (Fsp3) is 0.438. The predicted molar refractivity (Wildman–Crippen MR) is 78.3 cm³/mol. The SMILES string of the molecule is CC1(CNc2nccc3cc4c(cc23)OCO4)CCC1. The number of anilines is 1. The van der Waals surface area contributed by atoms with Crippen molar-refractivity contribution in [3.8, 4) is 11.5 Å². The number of fused-ring (bicyclic) bond motifs is 2. The number of nitrogens with one attached hydrogen (secondary N) is 1. The monoisotopic (exact) mass is 270 g/mol. The third-order valence-corrected chi connectivity index (χ3v) is 4.50. The average molecular weight is 270 g/mol. The Balaban J connectivity index is 1.68. The molecule has 4 heteroatoms. The Bertz CT molecular complexity index is 665. The second-order valence-electron chi connectivity index (χ2n) is 6.10. The third kappa shape index (κ3) is 1.87. The summed E-state index contributed by atoms with van der Waals surface area (Å²) in [6.45, 7) is 3.62. The van der Waals surface area contributed by atoms with Crippen LogP contribution in [-0.2, 0) is 0 Å². The molecule has 104 valence electrons. The molecule has 1 aliphatic heterocycles. The smallest absolute Gasteiger partial charge is 0.231 e. The highest BCUT2D eigenvalue weighted by Crippen LogP contribution is 2.41. The molecular weight excluding hydrogens is 252 g/mol. The summed E-state index contributed by atoms with van der Waals surface area (Å²) in [5.74, 6) is 2.57. The fourth-order valence-corrected chi connectivity index (χ4v) is 2.96. The van der Waals surface area contributed by atoms with Crippen LogP contribution in [0.2, 0.25) is 0 Å². The summed E-state index contributed by atoms with van der Waals surface area (Å²) in [5, 5.41) is 5.74. The molecular formula is C16H18N2O2. The second kappa shape index (κ2) is 4.27. The van der Waals surface area contributed by atoms with Crippen molar-refractivity contribution >= 4 is 16.6 Å². The molecule has 1 saturated carbocycles. The Kier molecular flexibility index (Phi) is 2.52. The van der Waals surface area contributed by atoms with E-state index in [0.717, 1.165) is 34.6 Å². The molecule has 0 bridgehead atoms. The van der Waals surface area contributed by atoms with Crippen LogP contribution < -0.4 is 14.8 Å². The average Bonchev–Trinajstić information content (AvgIpc) is 2.87. The zero-order chi connectivity index (χ0) is 13.6. The van der Waals surface area contributed by atoms with E-state index in [9.17, 15) is 0 Å². The Morgan fingerprint density at radius 2 is 2.05 bits per heavy atom. The Morgan fingerprint density at radius 3 is 2.80 bits per heavy atom. The van der Waals surface area contributed by atoms with Crippen molar-refractivity contribution in [3.05, 3.63) is 24.4 Å². The summed E-state index contributed by atoms with van der Waals surface area (Å²) in [6, 6.07) is 6.05. The van der Waals surface area contributed by atoms with E-state index in [4.69, 9.17) is 9.47 Å². The molecule has 0 radical (unpaired) electrons. The molecule has 0 atom stereocenters. The Labute approximate surface area is 118 Å². The zero-order valence-corrected chi connectivity index (χ0v) is 11.6. The number of nitrogens with zero attached hydrogens (tertiary/aromatic N) is 1. The molecule has 0 amide bonds. The number of hydrogen-bond donors (Lipinski definition) is 1. The van der Waals surface area contributed by atoms with Crippen molar-refractivity contribution in [2.75, 3.05) is 18.7 Å². The topological polar surface area (TPSA) is 43.4 Å². The molecule has 1 aromatic heterocycles. The summed E-state index contributed by atoms with van der Waals surface area (Å²) in [4.78, 5) is 4.49. The summed E-state index contributed by atoms with van der Waals surface area (Å²) >= 11 is 0. The summed E-state index contributed by atoms with van der Waals surface area (Å²) < 4.78 is 10.9. The number of benzene rings is 1. The van der Waals surface area contributed by atoms with Gasteiger partial charge in [0.1, 0.15) is 5.82 Å². The quantitative estimate of drug-likeness (QED) is 0.926. The highest BCUT2D eigenvalue weighted by Gasteiger charge is 2.31. The van der Waals surface area contributed by atoms with Crippen molar-refractivity contribution in [2.45, 2.75) is 26.2 Å². The number of ether oxygens (including phenoxy) is 2. The fourth-order valence-electron chi connectivity index (χ4n) is 2.96. The number of hydrogen-bond acceptors (Lipinski definition) is 4. The molecule has 4 rings (SSSR count). The van der Waals surface area contributed by atoms with E-state index in [0.29, 0.717) is 12.2 Å². The number of rotatable bonds is 3. The maximum absolute atomic E-state index is 5.46. The predicted octanol–water partition coefficient (Wildman–Crippen LogP) is 3.57. The van der Waals surface area contributed by atoms with Crippen molar-refractivity contribution in [3.63, 3.8) is 0 Å². The summed E-state index contributed by atoms with van der Waals surface area (Å²) in [7, 11) is 0. The van der Waals surface area contributed by atoms with Gasteiger partial charge in [0, 0.05) is 18.1 Å². The molecule has 1 aromatic carbocycles. The van der Waals surface area contributed by atoms with Crippen LogP contribution in [0, 0.1) is 5.41 Å². The van der Waals surface area contributed by atoms with Crippen LogP contribution in [0.5, 0.6) is 11.5 Å². The van der Waals surface area contributed by atoms with Crippen LogP contribution >= 0.6 is 0 Å². The molecule has 2 heterocycles. The van der Waals surface area contributed by atoms with Crippen molar-refractivity contribution in [1.29, 1.82) is 0 Å². The molecule has 1 N–H and O–H groups in total.